The molecular weight excluding hydrogens is 344 g/mol. The summed E-state index contributed by atoms with van der Waals surface area (Å²) in [6.45, 7) is 4.00. The van der Waals surface area contributed by atoms with Crippen molar-refractivity contribution < 1.29 is 8.42 Å². The fraction of sp³-hybridized carbons (Fsp3) is 0.429. The normalized spacial score (nSPS) is 23.5. The smallest absolute Gasteiger partial charge is 0.243 e. The van der Waals surface area contributed by atoms with Gasteiger partial charge in [-0.15, -0.1) is 0 Å². The Morgan fingerprint density at radius 2 is 1.77 bits per heavy atom. The summed E-state index contributed by atoms with van der Waals surface area (Å²) in [5.41, 5.74) is 3.86. The molecule has 5 heteroatoms. The van der Waals surface area contributed by atoms with E-state index in [1.165, 1.54) is 11.1 Å². The number of sulfonamides is 1. The molecule has 0 amide bonds. The average molecular weight is 371 g/mol. The number of aryl methyl sites for hydroxylation is 1. The van der Waals surface area contributed by atoms with E-state index >= 15 is 0 Å². The molecule has 2 heterocycles. The third-order valence-electron chi connectivity index (χ3n) is 5.98. The first-order chi connectivity index (χ1) is 12.5. The molecule has 2 aliphatic heterocycles. The van der Waals surface area contributed by atoms with Gasteiger partial charge in [0.05, 0.1) is 4.90 Å². The Balaban J connectivity index is 1.59. The van der Waals surface area contributed by atoms with Crippen molar-refractivity contribution in [3.8, 4) is 0 Å². The largest absolute Gasteiger partial charge is 0.296 e. The summed E-state index contributed by atoms with van der Waals surface area (Å²) in [6, 6.07) is 16.1. The van der Waals surface area contributed by atoms with Crippen molar-refractivity contribution in [1.29, 1.82) is 0 Å². The highest BCUT2D eigenvalue weighted by Gasteiger charge is 2.37. The highest BCUT2D eigenvalue weighted by atomic mass is 32.2. The van der Waals surface area contributed by atoms with Crippen LogP contribution in [0, 0.1) is 6.92 Å². The molecule has 4 rings (SSSR count). The molecular formula is C21H26N2O2S. The summed E-state index contributed by atoms with van der Waals surface area (Å²) in [5.74, 6) is 0. The lowest BCUT2D eigenvalue weighted by molar-refractivity contribution is 0.0969. The van der Waals surface area contributed by atoms with Crippen molar-refractivity contribution in [2.75, 3.05) is 20.1 Å². The fourth-order valence-corrected chi connectivity index (χ4v) is 5.74. The van der Waals surface area contributed by atoms with E-state index in [1.54, 1.807) is 23.5 Å². The minimum atomic E-state index is -3.46. The minimum absolute atomic E-state index is 0.0358. The highest BCUT2D eigenvalue weighted by Crippen LogP contribution is 2.38. The van der Waals surface area contributed by atoms with Gasteiger partial charge >= 0.3 is 0 Å². The summed E-state index contributed by atoms with van der Waals surface area (Å²) < 4.78 is 27.7. The van der Waals surface area contributed by atoms with Crippen LogP contribution in [0.3, 0.4) is 0 Å². The molecule has 4 nitrogen and oxygen atoms in total. The first-order valence-corrected chi connectivity index (χ1v) is 10.8. The van der Waals surface area contributed by atoms with Crippen LogP contribution >= 0.6 is 0 Å². The number of hydrogen-bond acceptors (Lipinski definition) is 3. The van der Waals surface area contributed by atoms with E-state index in [0.29, 0.717) is 10.9 Å². The summed E-state index contributed by atoms with van der Waals surface area (Å²) in [6.07, 6.45) is 2.84. The second kappa shape index (κ2) is 6.80. The molecule has 0 aromatic heterocycles. The molecule has 2 aliphatic rings. The molecule has 0 unspecified atom stereocenters. The average Bonchev–Trinajstić information content (AvgIpc) is 2.67. The zero-order valence-corrected chi connectivity index (χ0v) is 16.2. The van der Waals surface area contributed by atoms with Gasteiger partial charge in [-0.3, -0.25) is 4.90 Å². The number of nitrogens with zero attached hydrogens (tertiary/aromatic N) is 2. The zero-order valence-electron chi connectivity index (χ0n) is 15.4. The van der Waals surface area contributed by atoms with Gasteiger partial charge in [0, 0.05) is 32.2 Å². The Hall–Kier alpha value is -1.69. The molecule has 138 valence electrons. The SMILES string of the molecule is Cc1ccc(S(=O)(=O)N(C)[C@@H]2CCN3CCc4ccccc4[C@@H]3C2)cc1. The summed E-state index contributed by atoms with van der Waals surface area (Å²) in [7, 11) is -1.72. The molecule has 0 saturated carbocycles. The van der Waals surface area contributed by atoms with Crippen LogP contribution in [0.2, 0.25) is 0 Å². The maximum Gasteiger partial charge on any atom is 0.243 e. The Morgan fingerprint density at radius 1 is 1.04 bits per heavy atom. The lowest BCUT2D eigenvalue weighted by Gasteiger charge is -2.45. The third kappa shape index (κ3) is 3.08. The molecule has 0 radical (unpaired) electrons. The second-order valence-electron chi connectivity index (χ2n) is 7.51. The number of hydrogen-bond donors (Lipinski definition) is 0. The van der Waals surface area contributed by atoms with Crippen LogP contribution in [0.1, 0.15) is 35.6 Å². The quantitative estimate of drug-likeness (QED) is 0.832. The molecule has 1 saturated heterocycles. The summed E-state index contributed by atoms with van der Waals surface area (Å²) in [5, 5.41) is 0. The van der Waals surface area contributed by atoms with Crippen molar-refractivity contribution in [2.45, 2.75) is 43.2 Å². The maximum absolute atomic E-state index is 13.1. The molecule has 2 atom stereocenters. The van der Waals surface area contributed by atoms with Gasteiger partial charge < -0.3 is 0 Å². The van der Waals surface area contributed by atoms with Crippen molar-refractivity contribution in [2.24, 2.45) is 0 Å². The van der Waals surface area contributed by atoms with Gasteiger partial charge in [-0.1, -0.05) is 42.0 Å². The van der Waals surface area contributed by atoms with E-state index in [2.05, 4.69) is 29.2 Å². The van der Waals surface area contributed by atoms with Crippen LogP contribution in [0.15, 0.2) is 53.4 Å². The topological polar surface area (TPSA) is 40.6 Å². The number of benzene rings is 2. The standard InChI is InChI=1S/C21H26N2O2S/c1-16-7-9-19(10-8-16)26(24,25)22(2)18-12-14-23-13-11-17-5-3-4-6-20(17)21(23)15-18/h3-10,18,21H,11-15H2,1-2H3/t18-,21+/m1/s1. The van der Waals surface area contributed by atoms with E-state index in [-0.39, 0.29) is 6.04 Å². The lowest BCUT2D eigenvalue weighted by Crippen LogP contribution is -2.48. The lowest BCUT2D eigenvalue weighted by atomic mass is 9.85. The van der Waals surface area contributed by atoms with Gasteiger partial charge in [0.2, 0.25) is 10.0 Å². The second-order valence-corrected chi connectivity index (χ2v) is 9.51. The van der Waals surface area contributed by atoms with Gasteiger partial charge in [-0.25, -0.2) is 8.42 Å². The van der Waals surface area contributed by atoms with E-state index in [1.807, 2.05) is 19.1 Å². The van der Waals surface area contributed by atoms with Crippen LogP contribution in [0.25, 0.3) is 0 Å². The van der Waals surface area contributed by atoms with E-state index in [0.717, 1.165) is 37.9 Å². The summed E-state index contributed by atoms with van der Waals surface area (Å²) >= 11 is 0. The van der Waals surface area contributed by atoms with Crippen LogP contribution < -0.4 is 0 Å². The first kappa shape index (κ1) is 17.7. The van der Waals surface area contributed by atoms with Crippen LogP contribution in [0.4, 0.5) is 0 Å². The predicted molar refractivity (Wildman–Crippen MR) is 104 cm³/mol. The van der Waals surface area contributed by atoms with Crippen molar-refractivity contribution in [1.82, 2.24) is 9.21 Å². The van der Waals surface area contributed by atoms with Crippen molar-refractivity contribution in [3.05, 3.63) is 65.2 Å². The van der Waals surface area contributed by atoms with E-state index in [9.17, 15) is 8.42 Å². The van der Waals surface area contributed by atoms with E-state index in [4.69, 9.17) is 0 Å². The molecule has 1 fully saturated rings. The molecule has 26 heavy (non-hydrogen) atoms. The molecule has 0 aliphatic carbocycles. The molecule has 2 aromatic carbocycles. The van der Waals surface area contributed by atoms with Crippen LogP contribution in [-0.2, 0) is 16.4 Å². The highest BCUT2D eigenvalue weighted by molar-refractivity contribution is 7.89. The monoisotopic (exact) mass is 370 g/mol. The molecule has 2 aromatic rings. The number of rotatable bonds is 3. The number of piperidine rings is 1. The van der Waals surface area contributed by atoms with Gasteiger partial charge in [-0.2, -0.15) is 4.31 Å². The van der Waals surface area contributed by atoms with Gasteiger partial charge in [0.15, 0.2) is 0 Å². The Morgan fingerprint density at radius 3 is 2.54 bits per heavy atom. The van der Waals surface area contributed by atoms with Gasteiger partial charge in [-0.05, 0) is 49.4 Å². The third-order valence-corrected chi connectivity index (χ3v) is 7.90. The Bertz CT molecular complexity index is 892. The van der Waals surface area contributed by atoms with Crippen LogP contribution in [-0.4, -0.2) is 43.8 Å². The minimum Gasteiger partial charge on any atom is -0.296 e. The summed E-state index contributed by atoms with van der Waals surface area (Å²) in [4.78, 5) is 2.91. The molecule has 0 spiro atoms. The predicted octanol–water partition coefficient (Wildman–Crippen LogP) is 3.38. The van der Waals surface area contributed by atoms with Crippen molar-refractivity contribution >= 4 is 10.0 Å². The Labute approximate surface area is 156 Å². The maximum atomic E-state index is 13.1. The Kier molecular flexibility index (Phi) is 4.63. The molecule has 0 N–H and O–H groups in total. The molecule has 0 bridgehead atoms. The number of fused-ring (bicyclic) bond motifs is 3. The van der Waals surface area contributed by atoms with Crippen molar-refractivity contribution in [3.63, 3.8) is 0 Å². The van der Waals surface area contributed by atoms with E-state index < -0.39 is 10.0 Å². The zero-order chi connectivity index (χ0) is 18.3. The van der Waals surface area contributed by atoms with Gasteiger partial charge in [0.25, 0.3) is 0 Å². The fourth-order valence-electron chi connectivity index (χ4n) is 4.34. The van der Waals surface area contributed by atoms with Crippen LogP contribution in [0.5, 0.6) is 0 Å². The first-order valence-electron chi connectivity index (χ1n) is 9.33. The van der Waals surface area contributed by atoms with Gasteiger partial charge in [0.1, 0.15) is 0 Å².